The van der Waals surface area contributed by atoms with E-state index in [9.17, 15) is 39.6 Å². The van der Waals surface area contributed by atoms with Crippen molar-refractivity contribution in [2.75, 3.05) is 26.8 Å². The van der Waals surface area contributed by atoms with Crippen LogP contribution in [0.3, 0.4) is 0 Å². The number of amides is 2. The van der Waals surface area contributed by atoms with Crippen LogP contribution in [0.25, 0.3) is 0 Å². The third-order valence-electron chi connectivity index (χ3n) is 14.3. The van der Waals surface area contributed by atoms with E-state index in [1.807, 2.05) is 39.8 Å². The van der Waals surface area contributed by atoms with E-state index < -0.39 is 89.2 Å². The molecule has 1 aliphatic carbocycles. The molecule has 1 saturated heterocycles. The lowest BCUT2D eigenvalue weighted by Gasteiger charge is -2.39. The molecule has 0 radical (unpaired) electrons. The zero-order valence-corrected chi connectivity index (χ0v) is 40.3. The van der Waals surface area contributed by atoms with E-state index in [0.717, 1.165) is 0 Å². The molecule has 5 aliphatic rings. The van der Waals surface area contributed by atoms with Crippen LogP contribution >= 0.6 is 0 Å². The number of nitrogens with zero attached hydrogens (tertiary/aromatic N) is 2. The number of allylic oxidation sites excluding steroid dienone is 4. The number of likely N-dealkylation sites (tertiary alicyclic amines) is 1. The molecule has 362 valence electrons. The molecule has 2 amide bonds. The van der Waals surface area contributed by atoms with Gasteiger partial charge in [-0.1, -0.05) is 78.8 Å². The predicted octanol–water partition coefficient (Wildman–Crippen LogP) is 5.84. The van der Waals surface area contributed by atoms with Gasteiger partial charge in [-0.25, -0.2) is 4.79 Å². The van der Waals surface area contributed by atoms with Crippen molar-refractivity contribution < 1.29 is 58.6 Å². The summed E-state index contributed by atoms with van der Waals surface area (Å²) in [7, 11) is 1.55. The zero-order valence-electron chi connectivity index (χ0n) is 40.3. The van der Waals surface area contributed by atoms with Gasteiger partial charge in [-0.15, -0.1) is 0 Å². The number of ether oxygens (including phenoxy) is 4. The standard InChI is InChI=1S/C50H70N4O12/c1-12-32-33(63-11)18-15-19-49(13-2)46(60)36-34-35(42(58)30(9)45(36)66-49)43(59)39(38-37(34)52-50(53-38)20-22-54(23-21-50)48(62)64-24-25(3)4)51-47(61)27(6)17-14-16-26(5)40(56)28(7)41(57)29(8)44(32)65-31(10)55/h14-18,25-26,28-29,32-33,40-41,44,46,53,56-58,60H,12-13,19-24H2,1-11H3,(H,51,61)/b16-14+,18-15+,27-17-/t26-,28+,29+,32+,33-,40-,41+,44-,46?,49+/m0/s1. The number of phenolic OH excluding ortho intramolecular Hbond substituents is 1. The van der Waals surface area contributed by atoms with Crippen LogP contribution in [0.5, 0.6) is 11.5 Å². The fourth-order valence-corrected chi connectivity index (χ4v) is 10.1. The van der Waals surface area contributed by atoms with Gasteiger partial charge in [0, 0.05) is 92.3 Å². The summed E-state index contributed by atoms with van der Waals surface area (Å²) < 4.78 is 24.2. The SMILES string of the molecule is CC[C@H]1[C@@H](OC(C)=O)[C@H](C)[C@H](O)[C@H](C)[C@@H](O)[C@@H](C)/C=C/C=C(/C)C(=O)NC2=C3NC4(CCN(C(=O)OCC(C)C)CC4)N=C3c3c(c(O)c(C)c4c3C(O)[C@@](CC)(C/C=C/[C@@H]1OC)O4)C2=O. The van der Waals surface area contributed by atoms with Crippen LogP contribution in [0.1, 0.15) is 128 Å². The molecule has 0 aromatic heterocycles. The van der Waals surface area contributed by atoms with Crippen LogP contribution in [0.2, 0.25) is 0 Å². The molecule has 10 atom stereocenters. The molecule has 1 aromatic carbocycles. The largest absolute Gasteiger partial charge is 0.507 e. The number of aliphatic hydroxyl groups excluding tert-OH is 3. The number of aliphatic hydroxyl groups is 3. The van der Waals surface area contributed by atoms with Crippen LogP contribution in [0.15, 0.2) is 52.3 Å². The summed E-state index contributed by atoms with van der Waals surface area (Å²) in [4.78, 5) is 61.3. The van der Waals surface area contributed by atoms with E-state index in [-0.39, 0.29) is 88.5 Å². The van der Waals surface area contributed by atoms with Gasteiger partial charge in [-0.05, 0) is 32.6 Å². The number of aliphatic imine (C=N–C) groups is 1. The number of nitrogens with one attached hydrogen (secondary N) is 2. The Labute approximate surface area is 388 Å². The summed E-state index contributed by atoms with van der Waals surface area (Å²) in [6.45, 7) is 18.4. The fourth-order valence-electron chi connectivity index (χ4n) is 10.1. The number of carbonyl (C=O) groups is 4. The number of Topliss-reactive ketones (excluding diaryl/α,β-unsaturated/α-hetero) is 1. The van der Waals surface area contributed by atoms with Crippen molar-refractivity contribution in [3.05, 3.63) is 69.6 Å². The van der Waals surface area contributed by atoms with Gasteiger partial charge >= 0.3 is 12.1 Å². The number of methoxy groups -OCH3 is 1. The summed E-state index contributed by atoms with van der Waals surface area (Å²) in [5.41, 5.74) is -1.16. The molecule has 4 aliphatic heterocycles. The molecule has 1 aromatic rings. The number of phenols is 1. The normalized spacial score (nSPS) is 33.0. The van der Waals surface area contributed by atoms with Crippen LogP contribution in [-0.4, -0.2) is 117 Å². The highest BCUT2D eigenvalue weighted by molar-refractivity contribution is 6.31. The van der Waals surface area contributed by atoms with E-state index in [2.05, 4.69) is 10.6 Å². The molecular formula is C50H70N4O12. The van der Waals surface area contributed by atoms with Crippen molar-refractivity contribution in [1.82, 2.24) is 15.5 Å². The van der Waals surface area contributed by atoms with Gasteiger partial charge < -0.3 is 54.9 Å². The molecule has 16 nitrogen and oxygen atoms in total. The monoisotopic (exact) mass is 918 g/mol. The van der Waals surface area contributed by atoms with Gasteiger partial charge in [0.05, 0.1) is 41.9 Å². The van der Waals surface area contributed by atoms with E-state index in [4.69, 9.17) is 23.9 Å². The molecular weight excluding hydrogens is 849 g/mol. The number of benzene rings is 1. The molecule has 1 unspecified atom stereocenters. The number of hydrogen-bond donors (Lipinski definition) is 6. The summed E-state index contributed by atoms with van der Waals surface area (Å²) in [5.74, 6) is -4.06. The third-order valence-corrected chi connectivity index (χ3v) is 14.3. The maximum absolute atomic E-state index is 14.9. The van der Waals surface area contributed by atoms with Crippen molar-refractivity contribution in [3.63, 3.8) is 0 Å². The number of rotatable bonds is 6. The Balaban J connectivity index is 1.50. The van der Waals surface area contributed by atoms with Crippen LogP contribution in [-0.2, 0) is 23.8 Å². The lowest BCUT2D eigenvalue weighted by atomic mass is 9.77. The minimum absolute atomic E-state index is 0.131. The molecule has 0 saturated carbocycles. The Morgan fingerprint density at radius 3 is 2.29 bits per heavy atom. The van der Waals surface area contributed by atoms with Crippen molar-refractivity contribution in [2.45, 2.75) is 143 Å². The zero-order chi connectivity index (χ0) is 48.6. The molecule has 4 heterocycles. The van der Waals surface area contributed by atoms with Crippen molar-refractivity contribution in [2.24, 2.45) is 34.6 Å². The molecule has 4 bridgehead atoms. The number of aromatic hydroxyl groups is 1. The van der Waals surface area contributed by atoms with Gasteiger partial charge in [0.2, 0.25) is 5.78 Å². The van der Waals surface area contributed by atoms with Crippen LogP contribution in [0.4, 0.5) is 4.79 Å². The highest BCUT2D eigenvalue weighted by atomic mass is 16.6. The van der Waals surface area contributed by atoms with Gasteiger partial charge in [-0.3, -0.25) is 19.4 Å². The van der Waals surface area contributed by atoms with Crippen molar-refractivity contribution in [1.29, 1.82) is 0 Å². The van der Waals surface area contributed by atoms with Crippen LogP contribution < -0.4 is 15.4 Å². The topological polar surface area (TPSA) is 226 Å². The molecule has 1 spiro atoms. The fraction of sp³-hybridized carbons (Fsp3) is 0.620. The summed E-state index contributed by atoms with van der Waals surface area (Å²) in [6, 6.07) is 0. The van der Waals surface area contributed by atoms with E-state index in [0.29, 0.717) is 25.7 Å². The minimum Gasteiger partial charge on any atom is -0.507 e. The summed E-state index contributed by atoms with van der Waals surface area (Å²) in [6.07, 6.45) is 4.80. The van der Waals surface area contributed by atoms with Gasteiger partial charge in [-0.2, -0.15) is 0 Å². The van der Waals surface area contributed by atoms with Gasteiger partial charge in [0.1, 0.15) is 40.7 Å². The van der Waals surface area contributed by atoms with E-state index in [1.165, 1.54) is 6.92 Å². The highest BCUT2D eigenvalue weighted by Gasteiger charge is 2.54. The second kappa shape index (κ2) is 20.1. The third kappa shape index (κ3) is 9.43. The first kappa shape index (κ1) is 50.4. The second-order valence-electron chi connectivity index (χ2n) is 19.3. The van der Waals surface area contributed by atoms with Crippen LogP contribution in [0, 0.1) is 36.5 Å². The number of ketones is 1. The van der Waals surface area contributed by atoms with Gasteiger partial charge in [0.25, 0.3) is 5.91 Å². The predicted molar refractivity (Wildman–Crippen MR) is 247 cm³/mol. The summed E-state index contributed by atoms with van der Waals surface area (Å²) >= 11 is 0. The average Bonchev–Trinajstić information content (AvgIpc) is 3.80. The molecule has 6 N–H and O–H groups in total. The number of esters is 1. The molecule has 66 heavy (non-hydrogen) atoms. The highest BCUT2D eigenvalue weighted by Crippen LogP contribution is 2.55. The Bertz CT molecular complexity index is 2220. The van der Waals surface area contributed by atoms with Crippen molar-refractivity contribution >= 4 is 29.5 Å². The Kier molecular flexibility index (Phi) is 15.3. The maximum atomic E-state index is 14.9. The quantitative estimate of drug-likeness (QED) is 0.146. The number of carbonyl (C=O) groups excluding carboxylic acids is 4. The van der Waals surface area contributed by atoms with E-state index >= 15 is 0 Å². The minimum atomic E-state index is -1.33. The first-order valence-electron chi connectivity index (χ1n) is 23.4. The molecule has 1 fully saturated rings. The van der Waals surface area contributed by atoms with E-state index in [1.54, 1.807) is 64.9 Å². The average molecular weight is 919 g/mol. The Morgan fingerprint density at radius 2 is 1.68 bits per heavy atom. The first-order valence-corrected chi connectivity index (χ1v) is 23.4. The lowest BCUT2D eigenvalue weighted by molar-refractivity contribution is -0.161. The smallest absolute Gasteiger partial charge is 0.409 e. The Morgan fingerprint density at radius 1 is 1.00 bits per heavy atom. The molecule has 16 heteroatoms. The molecule has 6 rings (SSSR count). The number of piperidine rings is 1. The summed E-state index contributed by atoms with van der Waals surface area (Å²) in [5, 5.41) is 54.1. The number of fused-ring (bicyclic) bond motifs is 1. The maximum Gasteiger partial charge on any atom is 0.409 e. The van der Waals surface area contributed by atoms with Gasteiger partial charge in [0.15, 0.2) is 0 Å². The Hall–Kier alpha value is -5.03. The van der Waals surface area contributed by atoms with Crippen molar-refractivity contribution in [3.8, 4) is 11.5 Å². The second-order valence-corrected chi connectivity index (χ2v) is 19.3. The number of hydrogen-bond acceptors (Lipinski definition) is 14. The lowest BCUT2D eigenvalue weighted by Crippen LogP contribution is -2.51. The first-order chi connectivity index (χ1) is 31.2.